The lowest BCUT2D eigenvalue weighted by Crippen LogP contribution is -2.43. The molecule has 0 spiro atoms. The molecule has 33 heavy (non-hydrogen) atoms. The van der Waals surface area contributed by atoms with Crippen LogP contribution >= 0.6 is 34.7 Å². The normalized spacial score (nSPS) is 21.8. The minimum Gasteiger partial charge on any atom is -0.382 e. The number of thioether (sulfide) groups is 1. The molecule has 11 heteroatoms. The van der Waals surface area contributed by atoms with Crippen molar-refractivity contribution in [2.24, 2.45) is 0 Å². The summed E-state index contributed by atoms with van der Waals surface area (Å²) in [6, 6.07) is 6.91. The molecule has 0 aliphatic carbocycles. The van der Waals surface area contributed by atoms with Crippen molar-refractivity contribution in [3.8, 4) is 0 Å². The average Bonchev–Trinajstić information content (AvgIpc) is 3.44. The Morgan fingerprint density at radius 2 is 2.12 bits per heavy atom. The van der Waals surface area contributed by atoms with E-state index in [-0.39, 0.29) is 17.4 Å². The van der Waals surface area contributed by atoms with E-state index in [1.807, 2.05) is 24.3 Å². The van der Waals surface area contributed by atoms with E-state index in [4.69, 9.17) is 21.1 Å². The van der Waals surface area contributed by atoms with E-state index < -0.39 is 28.8 Å². The van der Waals surface area contributed by atoms with Crippen LogP contribution < -0.4 is 0 Å². The van der Waals surface area contributed by atoms with Gasteiger partial charge in [-0.1, -0.05) is 24.6 Å². The molecule has 4 rings (SSSR count). The van der Waals surface area contributed by atoms with Crippen molar-refractivity contribution in [1.29, 1.82) is 0 Å². The third kappa shape index (κ3) is 6.00. The average molecular weight is 514 g/mol. The summed E-state index contributed by atoms with van der Waals surface area (Å²) in [6.07, 6.45) is 6.00. The van der Waals surface area contributed by atoms with Gasteiger partial charge in [-0.25, -0.2) is 18.4 Å². The topological polar surface area (TPSA) is 69.4 Å². The predicted molar refractivity (Wildman–Crippen MR) is 125 cm³/mol. The zero-order valence-corrected chi connectivity index (χ0v) is 20.0. The summed E-state index contributed by atoms with van der Waals surface area (Å²) in [5.74, 6) is -1.53. The van der Waals surface area contributed by atoms with E-state index in [0.29, 0.717) is 17.6 Å². The van der Waals surface area contributed by atoms with Gasteiger partial charge >= 0.3 is 0 Å². The van der Waals surface area contributed by atoms with Gasteiger partial charge in [0.15, 0.2) is 6.29 Å². The van der Waals surface area contributed by atoms with Gasteiger partial charge < -0.3 is 14.6 Å². The second-order valence-electron chi connectivity index (χ2n) is 7.58. The van der Waals surface area contributed by atoms with Crippen molar-refractivity contribution in [3.63, 3.8) is 0 Å². The second-order valence-corrected chi connectivity index (χ2v) is 11.0. The van der Waals surface area contributed by atoms with E-state index in [9.17, 15) is 13.9 Å². The van der Waals surface area contributed by atoms with Crippen molar-refractivity contribution in [1.82, 2.24) is 14.8 Å². The molecule has 1 aliphatic rings. The maximum atomic E-state index is 14.7. The number of benzene rings is 1. The Bertz CT molecular complexity index is 1090. The van der Waals surface area contributed by atoms with Gasteiger partial charge in [0.2, 0.25) is 0 Å². The molecular weight excluding hydrogens is 492 g/mol. The van der Waals surface area contributed by atoms with Crippen molar-refractivity contribution in [3.05, 3.63) is 75.5 Å². The molecule has 0 unspecified atom stereocenters. The van der Waals surface area contributed by atoms with Crippen molar-refractivity contribution in [2.45, 2.75) is 35.9 Å². The van der Waals surface area contributed by atoms with E-state index >= 15 is 0 Å². The number of hydrogen-bond donors (Lipinski definition) is 1. The van der Waals surface area contributed by atoms with Gasteiger partial charge in [-0.05, 0) is 30.4 Å². The van der Waals surface area contributed by atoms with Crippen molar-refractivity contribution < 1.29 is 23.4 Å². The smallest absolute Gasteiger partial charge is 0.177 e. The number of hydrogen-bond acceptors (Lipinski definition) is 7. The highest BCUT2D eigenvalue weighted by atomic mass is 35.5. The van der Waals surface area contributed by atoms with Crippen LogP contribution in [0.3, 0.4) is 0 Å². The monoisotopic (exact) mass is 513 g/mol. The van der Waals surface area contributed by atoms with Gasteiger partial charge in [0.25, 0.3) is 0 Å². The molecule has 0 saturated carbocycles. The highest BCUT2D eigenvalue weighted by molar-refractivity contribution is 8.00. The van der Waals surface area contributed by atoms with Crippen LogP contribution in [0.25, 0.3) is 6.08 Å². The molecule has 1 aliphatic heterocycles. The minimum absolute atomic E-state index is 0.00698. The summed E-state index contributed by atoms with van der Waals surface area (Å²) >= 11 is 8.82. The van der Waals surface area contributed by atoms with Crippen LogP contribution in [0.15, 0.2) is 49.1 Å². The molecule has 6 nitrogen and oxygen atoms in total. The lowest BCUT2D eigenvalue weighted by Gasteiger charge is -2.37. The Morgan fingerprint density at radius 3 is 2.76 bits per heavy atom. The first-order chi connectivity index (χ1) is 15.8. The largest absolute Gasteiger partial charge is 0.382 e. The third-order valence-electron chi connectivity index (χ3n) is 5.24. The van der Waals surface area contributed by atoms with Crippen LogP contribution in [0.1, 0.15) is 17.4 Å². The fourth-order valence-corrected chi connectivity index (χ4v) is 5.81. The van der Waals surface area contributed by atoms with Crippen LogP contribution in [0.5, 0.6) is 0 Å². The third-order valence-corrected chi connectivity index (χ3v) is 7.89. The highest BCUT2D eigenvalue weighted by Crippen LogP contribution is 2.38. The first-order valence-corrected chi connectivity index (χ1v) is 12.3. The molecule has 1 aromatic carbocycles. The summed E-state index contributed by atoms with van der Waals surface area (Å²) in [4.78, 5) is 4.88. The van der Waals surface area contributed by atoms with Gasteiger partial charge in [-0.15, -0.1) is 23.1 Å². The van der Waals surface area contributed by atoms with E-state index in [0.717, 1.165) is 17.0 Å². The minimum atomic E-state index is -1.68. The number of nitrogens with zero attached hydrogens (tertiary/aromatic N) is 3. The molecule has 2 aromatic heterocycles. The van der Waals surface area contributed by atoms with Crippen LogP contribution in [-0.2, 0) is 21.6 Å². The van der Waals surface area contributed by atoms with Crippen LogP contribution in [0, 0.1) is 11.6 Å². The molecule has 0 bridgehead atoms. The van der Waals surface area contributed by atoms with Gasteiger partial charge in [-0.3, -0.25) is 0 Å². The number of halogens is 3. The van der Waals surface area contributed by atoms with Gasteiger partial charge in [0.05, 0.1) is 29.3 Å². The van der Waals surface area contributed by atoms with E-state index in [2.05, 4.69) is 10.1 Å². The van der Waals surface area contributed by atoms with E-state index in [1.54, 1.807) is 6.92 Å². The summed E-state index contributed by atoms with van der Waals surface area (Å²) in [5, 5.41) is 15.1. The molecule has 1 N–H and O–H groups in total. The molecule has 176 valence electrons. The number of rotatable bonds is 8. The zero-order chi connectivity index (χ0) is 23.4. The first kappa shape index (κ1) is 24.3. The molecule has 3 aromatic rings. The summed E-state index contributed by atoms with van der Waals surface area (Å²) in [6.45, 7) is 2.52. The number of thiophene rings is 1. The van der Waals surface area contributed by atoms with Crippen LogP contribution in [0.2, 0.25) is 4.34 Å². The molecular formula is C22H22ClF2N3O3S2. The van der Waals surface area contributed by atoms with Crippen molar-refractivity contribution >= 4 is 40.8 Å². The lowest BCUT2D eigenvalue weighted by molar-refractivity contribution is -0.146. The Labute approximate surface area is 203 Å². The molecule has 0 amide bonds. The summed E-state index contributed by atoms with van der Waals surface area (Å²) in [7, 11) is 0. The standard InChI is InChI=1S/C22H22ClF2N3O3S2/c1-14(32-17-9-30-21(31-10-17)7-4-16-3-6-20(23)33-16)22(29,11-28-13-26-12-27-28)18-5-2-15(24)8-19(18)25/h2-8,12-14,17,21,29H,9-11H2,1H3/b7-4+/t14-,17-,21-,22-/m1/s1. The molecule has 2 atom stereocenters. The molecule has 1 saturated heterocycles. The quantitative estimate of drug-likeness (QED) is 0.469. The first-order valence-electron chi connectivity index (χ1n) is 10.2. The predicted octanol–water partition coefficient (Wildman–Crippen LogP) is 4.74. The summed E-state index contributed by atoms with van der Waals surface area (Å²) in [5.41, 5.74) is -1.68. The number of aliphatic hydroxyl groups is 1. The summed E-state index contributed by atoms with van der Waals surface area (Å²) < 4.78 is 41.9. The van der Waals surface area contributed by atoms with Gasteiger partial charge in [0.1, 0.15) is 29.9 Å². The Kier molecular flexibility index (Phi) is 7.83. The molecule has 0 radical (unpaired) electrons. The maximum Gasteiger partial charge on any atom is 0.177 e. The van der Waals surface area contributed by atoms with Crippen LogP contribution in [-0.4, -0.2) is 49.9 Å². The lowest BCUT2D eigenvalue weighted by atomic mass is 9.90. The Balaban J connectivity index is 1.43. The molecule has 1 fully saturated rings. The van der Waals surface area contributed by atoms with Gasteiger partial charge in [0, 0.05) is 21.8 Å². The number of ether oxygens (including phenoxy) is 2. The zero-order valence-electron chi connectivity index (χ0n) is 17.6. The Morgan fingerprint density at radius 1 is 1.33 bits per heavy atom. The number of aromatic nitrogens is 3. The fourth-order valence-electron chi connectivity index (χ4n) is 3.52. The van der Waals surface area contributed by atoms with Crippen molar-refractivity contribution in [2.75, 3.05) is 13.2 Å². The highest BCUT2D eigenvalue weighted by Gasteiger charge is 2.41. The van der Waals surface area contributed by atoms with Crippen LogP contribution in [0.4, 0.5) is 8.78 Å². The Hall–Kier alpha value is -1.82. The fraction of sp³-hybridized carbons (Fsp3) is 0.364. The van der Waals surface area contributed by atoms with Gasteiger partial charge in [-0.2, -0.15) is 5.10 Å². The molecule has 3 heterocycles. The second kappa shape index (κ2) is 10.6. The maximum absolute atomic E-state index is 14.7. The van der Waals surface area contributed by atoms with E-state index in [1.165, 1.54) is 46.5 Å². The SMILES string of the molecule is C[C@@H](S[C@H]1CO[C@H](/C=C/c2ccc(Cl)s2)OC1)[C@](O)(Cn1cncn1)c1ccc(F)cc1F.